The predicted molar refractivity (Wildman–Crippen MR) is 128 cm³/mol. The molecular formula is C23H25Cl2F3N2O5. The number of hydrogen-bond donors (Lipinski definition) is 0. The Hall–Kier alpha value is -2.98. The van der Waals surface area contributed by atoms with Crippen molar-refractivity contribution >= 4 is 40.6 Å². The van der Waals surface area contributed by atoms with Crippen molar-refractivity contribution in [1.82, 2.24) is 0 Å². The van der Waals surface area contributed by atoms with Gasteiger partial charge in [0.2, 0.25) is 0 Å². The monoisotopic (exact) mass is 536 g/mol. The first-order valence-corrected chi connectivity index (χ1v) is 10.9. The largest absolute Gasteiger partial charge is 0.573 e. The molecule has 0 amide bonds. The molecule has 0 aliphatic heterocycles. The van der Waals surface area contributed by atoms with Crippen molar-refractivity contribution in [3.05, 3.63) is 62.6 Å². The van der Waals surface area contributed by atoms with E-state index in [1.54, 1.807) is 25.1 Å². The van der Waals surface area contributed by atoms with Crippen molar-refractivity contribution in [3.8, 4) is 5.75 Å². The molecule has 0 N–H and O–H groups in total. The zero-order valence-corrected chi connectivity index (χ0v) is 21.4. The molecule has 35 heavy (non-hydrogen) atoms. The van der Waals surface area contributed by atoms with Crippen LogP contribution in [0.5, 0.6) is 5.75 Å². The molecule has 0 saturated heterocycles. The lowest BCUT2D eigenvalue weighted by atomic mass is 9.99. The van der Waals surface area contributed by atoms with Crippen molar-refractivity contribution in [1.29, 1.82) is 0 Å². The van der Waals surface area contributed by atoms with Gasteiger partial charge in [0.25, 0.3) is 0 Å². The Morgan fingerprint density at radius 2 is 1.66 bits per heavy atom. The summed E-state index contributed by atoms with van der Waals surface area (Å²) in [6.45, 7) is 6.99. The lowest BCUT2D eigenvalue weighted by molar-refractivity contribution is -0.274. The Bertz CT molecular complexity index is 1090. The van der Waals surface area contributed by atoms with Crippen LogP contribution in [0.1, 0.15) is 43.0 Å². The van der Waals surface area contributed by atoms with Crippen LogP contribution in [0.25, 0.3) is 0 Å². The quantitative estimate of drug-likeness (QED) is 0.213. The minimum Gasteiger partial charge on any atom is -0.464 e. The van der Waals surface area contributed by atoms with Gasteiger partial charge in [-0.15, -0.1) is 13.2 Å². The van der Waals surface area contributed by atoms with Crippen LogP contribution in [0.3, 0.4) is 0 Å². The number of halogens is 5. The smallest absolute Gasteiger partial charge is 0.464 e. The molecule has 0 heterocycles. The van der Waals surface area contributed by atoms with E-state index in [1.165, 1.54) is 33.3 Å². The number of carbonyl (C=O) groups is 1. The molecule has 12 heteroatoms. The fourth-order valence-electron chi connectivity index (χ4n) is 2.83. The van der Waals surface area contributed by atoms with Crippen LogP contribution in [0, 0.1) is 6.92 Å². The number of hydrogen-bond acceptors (Lipinski definition) is 7. The number of methoxy groups -OCH3 is 1. The summed E-state index contributed by atoms with van der Waals surface area (Å²) in [4.78, 5) is 22.2. The molecule has 0 aliphatic rings. The highest BCUT2D eigenvalue weighted by molar-refractivity contribution is 6.43. The van der Waals surface area contributed by atoms with Gasteiger partial charge in [-0.2, -0.15) is 0 Å². The Labute approximate surface area is 211 Å². The van der Waals surface area contributed by atoms with Crippen LogP contribution in [-0.2, 0) is 25.8 Å². The molecule has 2 aromatic rings. The summed E-state index contributed by atoms with van der Waals surface area (Å²) in [5.41, 5.74) is 1.34. The van der Waals surface area contributed by atoms with Gasteiger partial charge >= 0.3 is 12.3 Å². The maximum absolute atomic E-state index is 12.8. The minimum absolute atomic E-state index is 0.0179. The van der Waals surface area contributed by atoms with E-state index in [1.807, 2.05) is 13.8 Å². The summed E-state index contributed by atoms with van der Waals surface area (Å²) in [7, 11) is 2.47. The van der Waals surface area contributed by atoms with Gasteiger partial charge in [0.05, 0.1) is 28.4 Å². The molecule has 0 atom stereocenters. The average molecular weight is 537 g/mol. The zero-order valence-electron chi connectivity index (χ0n) is 19.9. The van der Waals surface area contributed by atoms with E-state index >= 15 is 0 Å². The Kier molecular flexibility index (Phi) is 11.8. The second kappa shape index (κ2) is 13.8. The normalized spacial score (nSPS) is 11.9. The Morgan fingerprint density at radius 1 is 1.03 bits per heavy atom. The maximum Gasteiger partial charge on any atom is 0.573 e. The van der Waals surface area contributed by atoms with E-state index < -0.39 is 18.1 Å². The van der Waals surface area contributed by atoms with E-state index in [4.69, 9.17) is 37.6 Å². The van der Waals surface area contributed by atoms with Crippen molar-refractivity contribution in [2.24, 2.45) is 10.3 Å². The fourth-order valence-corrected chi connectivity index (χ4v) is 3.31. The summed E-state index contributed by atoms with van der Waals surface area (Å²) in [6, 6.07) is 7.56. The molecule has 2 rings (SSSR count). The van der Waals surface area contributed by atoms with Gasteiger partial charge in [-0.1, -0.05) is 65.6 Å². The molecule has 0 spiro atoms. The molecule has 7 nitrogen and oxygen atoms in total. The van der Waals surface area contributed by atoms with Crippen molar-refractivity contribution in [2.75, 3.05) is 14.2 Å². The average Bonchev–Trinajstić information content (AvgIpc) is 2.81. The van der Waals surface area contributed by atoms with Crippen LogP contribution >= 0.6 is 23.2 Å². The highest BCUT2D eigenvalue weighted by atomic mass is 35.5. The lowest BCUT2D eigenvalue weighted by Gasteiger charge is -2.16. The molecule has 0 unspecified atom stereocenters. The molecule has 0 saturated carbocycles. The molecule has 0 bridgehead atoms. The number of esters is 1. The van der Waals surface area contributed by atoms with Crippen molar-refractivity contribution < 1.29 is 37.1 Å². The third-order valence-corrected chi connectivity index (χ3v) is 4.89. The molecule has 192 valence electrons. The van der Waals surface area contributed by atoms with E-state index in [2.05, 4.69) is 15.0 Å². The van der Waals surface area contributed by atoms with Crippen LogP contribution < -0.4 is 4.74 Å². The van der Waals surface area contributed by atoms with Crippen LogP contribution in [0.4, 0.5) is 13.2 Å². The minimum atomic E-state index is -4.99. The van der Waals surface area contributed by atoms with Gasteiger partial charge in [-0.3, -0.25) is 0 Å². The van der Waals surface area contributed by atoms with Gasteiger partial charge in [-0.25, -0.2) is 4.79 Å². The lowest BCUT2D eigenvalue weighted by Crippen LogP contribution is -2.20. The third-order valence-electron chi connectivity index (χ3n) is 4.28. The van der Waals surface area contributed by atoms with Crippen LogP contribution in [0.15, 0.2) is 40.6 Å². The molecule has 0 radical (unpaired) electrons. The first-order valence-electron chi connectivity index (χ1n) is 10.2. The molecule has 0 fully saturated rings. The van der Waals surface area contributed by atoms with Gasteiger partial charge in [0.1, 0.15) is 13.7 Å². The zero-order chi connectivity index (χ0) is 26.8. The van der Waals surface area contributed by atoms with Crippen molar-refractivity contribution in [2.45, 2.75) is 40.7 Å². The summed E-state index contributed by atoms with van der Waals surface area (Å²) in [5.74, 6) is -1.43. The molecule has 0 aromatic heterocycles. The number of oxime groups is 2. The topological polar surface area (TPSA) is 78.7 Å². The molecule has 0 aliphatic carbocycles. The number of nitrogens with zero attached hydrogens (tertiary/aromatic N) is 2. The summed E-state index contributed by atoms with van der Waals surface area (Å²) in [5, 5.41) is 7.22. The highest BCUT2D eigenvalue weighted by Gasteiger charge is 2.34. The Balaban J connectivity index is 0.00000298. The van der Waals surface area contributed by atoms with Gasteiger partial charge in [-0.05, 0) is 31.5 Å². The standard InChI is InChI=1S/C21H19Cl2F3N2O5.C2H6/c1-11-6-5-7-13(18(28-31-4)20(29)30-3)14(11)10-32-27-12(2)17-15(22)8-9-16(23)19(17)33-21(24,25)26;1-2/h5-9H,10H2,1-4H3;1-2H3/b27-12+,28-18+;. The van der Waals surface area contributed by atoms with E-state index in [9.17, 15) is 18.0 Å². The van der Waals surface area contributed by atoms with Crippen LogP contribution in [0.2, 0.25) is 10.0 Å². The summed E-state index contributed by atoms with van der Waals surface area (Å²) >= 11 is 12.0. The predicted octanol–water partition coefficient (Wildman–Crippen LogP) is 6.69. The number of carbonyl (C=O) groups excluding carboxylic acids is 1. The SMILES string of the molecule is CC.CO/N=C(/C(=O)OC)c1cccc(C)c1CO/N=C(\C)c1c(Cl)ccc(Cl)c1OC(F)(F)F. The third kappa shape index (κ3) is 8.32. The fraction of sp³-hybridized carbons (Fsp3) is 0.348. The first-order chi connectivity index (χ1) is 16.5. The number of alkyl halides is 3. The van der Waals surface area contributed by atoms with E-state index in [0.29, 0.717) is 11.1 Å². The highest BCUT2D eigenvalue weighted by Crippen LogP contribution is 2.38. The van der Waals surface area contributed by atoms with Gasteiger partial charge in [0, 0.05) is 11.1 Å². The number of benzene rings is 2. The number of ether oxygens (including phenoxy) is 2. The number of aryl methyl sites for hydroxylation is 1. The first kappa shape index (κ1) is 30.1. The second-order valence-electron chi connectivity index (χ2n) is 6.45. The second-order valence-corrected chi connectivity index (χ2v) is 7.26. The molecular weight excluding hydrogens is 512 g/mol. The van der Waals surface area contributed by atoms with Gasteiger partial charge < -0.3 is 19.1 Å². The summed E-state index contributed by atoms with van der Waals surface area (Å²) < 4.78 is 47.3. The molecule has 2 aromatic carbocycles. The van der Waals surface area contributed by atoms with E-state index in [0.717, 1.165) is 5.56 Å². The number of rotatable bonds is 8. The van der Waals surface area contributed by atoms with Crippen molar-refractivity contribution in [3.63, 3.8) is 0 Å². The van der Waals surface area contributed by atoms with E-state index in [-0.39, 0.29) is 33.6 Å². The summed E-state index contributed by atoms with van der Waals surface area (Å²) in [6.07, 6.45) is -4.99. The van der Waals surface area contributed by atoms with Crippen LogP contribution in [-0.4, -0.2) is 38.0 Å². The Morgan fingerprint density at radius 3 is 2.23 bits per heavy atom. The van der Waals surface area contributed by atoms with Gasteiger partial charge in [0.15, 0.2) is 11.5 Å². The maximum atomic E-state index is 12.8.